The average molecular weight is 458 g/mol. The van der Waals surface area contributed by atoms with Crippen LogP contribution in [0.15, 0.2) is 70.6 Å². The van der Waals surface area contributed by atoms with Crippen LogP contribution in [0.5, 0.6) is 5.75 Å². The molecule has 33 heavy (non-hydrogen) atoms. The van der Waals surface area contributed by atoms with Crippen molar-refractivity contribution in [1.29, 1.82) is 0 Å². The van der Waals surface area contributed by atoms with Gasteiger partial charge >= 0.3 is 0 Å². The zero-order chi connectivity index (χ0) is 23.4. The number of anilines is 1. The van der Waals surface area contributed by atoms with Gasteiger partial charge in [-0.15, -0.1) is 11.8 Å². The first-order chi connectivity index (χ1) is 15.9. The van der Waals surface area contributed by atoms with Gasteiger partial charge < -0.3 is 10.1 Å². The van der Waals surface area contributed by atoms with Crippen molar-refractivity contribution in [2.45, 2.75) is 27.2 Å². The molecule has 0 radical (unpaired) electrons. The summed E-state index contributed by atoms with van der Waals surface area (Å²) in [6.07, 6.45) is 0.557. The maximum absolute atomic E-state index is 12.8. The summed E-state index contributed by atoms with van der Waals surface area (Å²) in [4.78, 5) is 22.5. The van der Waals surface area contributed by atoms with Gasteiger partial charge in [0.25, 0.3) is 0 Å². The molecule has 0 bridgehead atoms. The van der Waals surface area contributed by atoms with Crippen molar-refractivity contribution in [2.24, 2.45) is 9.98 Å². The molecule has 1 N–H and O–H groups in total. The molecule has 5 nitrogen and oxygen atoms in total. The second kappa shape index (κ2) is 10.0. The fourth-order valence-electron chi connectivity index (χ4n) is 3.89. The molecule has 1 aliphatic heterocycles. The number of rotatable bonds is 5. The number of para-hydroxylation sites is 2. The molecule has 1 aliphatic rings. The Labute approximate surface area is 199 Å². The minimum atomic E-state index is -0.0433. The Balaban J connectivity index is 1.53. The van der Waals surface area contributed by atoms with Gasteiger partial charge in [0.1, 0.15) is 5.75 Å². The van der Waals surface area contributed by atoms with Crippen molar-refractivity contribution in [3.05, 3.63) is 82.9 Å². The Morgan fingerprint density at radius 3 is 2.24 bits per heavy atom. The number of aryl methyl sites for hydroxylation is 3. The molecular weight excluding hydrogens is 430 g/mol. The number of aliphatic imine (C=N–C) groups is 2. The number of carbonyl (C=O) groups is 1. The van der Waals surface area contributed by atoms with Crippen molar-refractivity contribution in [3.63, 3.8) is 0 Å². The summed E-state index contributed by atoms with van der Waals surface area (Å²) < 4.78 is 5.28. The Kier molecular flexibility index (Phi) is 6.94. The highest BCUT2D eigenvalue weighted by atomic mass is 32.2. The lowest BCUT2D eigenvalue weighted by molar-refractivity contribution is -0.113. The number of hydrogen-bond donors (Lipinski definition) is 1. The predicted octanol–water partition coefficient (Wildman–Crippen LogP) is 6.55. The highest BCUT2D eigenvalue weighted by Gasteiger charge is 2.17. The maximum atomic E-state index is 12.8. The van der Waals surface area contributed by atoms with Gasteiger partial charge in [-0.05, 0) is 73.9 Å². The summed E-state index contributed by atoms with van der Waals surface area (Å²) in [7, 11) is 1.65. The summed E-state index contributed by atoms with van der Waals surface area (Å²) >= 11 is 1.46. The number of benzene rings is 3. The molecule has 3 aromatic carbocycles. The van der Waals surface area contributed by atoms with Gasteiger partial charge in [-0.25, -0.2) is 4.99 Å². The van der Waals surface area contributed by atoms with Crippen LogP contribution in [-0.4, -0.2) is 29.5 Å². The highest BCUT2D eigenvalue weighted by molar-refractivity contribution is 8.14. The zero-order valence-electron chi connectivity index (χ0n) is 19.3. The van der Waals surface area contributed by atoms with Crippen LogP contribution >= 0.6 is 11.8 Å². The van der Waals surface area contributed by atoms with Crippen molar-refractivity contribution in [2.75, 3.05) is 18.2 Å². The summed E-state index contributed by atoms with van der Waals surface area (Å²) in [5.74, 6) is 1.04. The molecule has 168 valence electrons. The number of thioether (sulfide) groups is 1. The van der Waals surface area contributed by atoms with Gasteiger partial charge in [0.2, 0.25) is 5.91 Å². The van der Waals surface area contributed by atoms with Gasteiger partial charge in [-0.2, -0.15) is 0 Å². The molecule has 3 aromatic rings. The third-order valence-electron chi connectivity index (χ3n) is 5.44. The van der Waals surface area contributed by atoms with Crippen molar-refractivity contribution >= 4 is 45.5 Å². The monoisotopic (exact) mass is 457 g/mol. The first-order valence-electron chi connectivity index (χ1n) is 10.8. The Morgan fingerprint density at radius 1 is 0.970 bits per heavy atom. The molecule has 0 unspecified atom stereocenters. The van der Waals surface area contributed by atoms with Crippen LogP contribution in [-0.2, 0) is 4.79 Å². The molecule has 0 spiro atoms. The van der Waals surface area contributed by atoms with E-state index in [-0.39, 0.29) is 11.7 Å². The summed E-state index contributed by atoms with van der Waals surface area (Å²) in [5.41, 5.74) is 7.79. The molecule has 0 aliphatic carbocycles. The third-order valence-corrected chi connectivity index (χ3v) is 6.41. The van der Waals surface area contributed by atoms with Crippen molar-refractivity contribution < 1.29 is 9.53 Å². The van der Waals surface area contributed by atoms with Crippen LogP contribution in [0.25, 0.3) is 0 Å². The van der Waals surface area contributed by atoms with Crippen LogP contribution in [0.2, 0.25) is 0 Å². The zero-order valence-corrected chi connectivity index (χ0v) is 20.1. The van der Waals surface area contributed by atoms with Gasteiger partial charge in [0, 0.05) is 12.1 Å². The lowest BCUT2D eigenvalue weighted by Crippen LogP contribution is -2.17. The van der Waals surface area contributed by atoms with Gasteiger partial charge in [0.15, 0.2) is 0 Å². The minimum Gasteiger partial charge on any atom is -0.497 e. The number of amides is 1. The standard InChI is InChI=1S/C27H27N3O2S/c1-17-13-18(2)27(19(3)14-17)30-25(31)16-33-26-15-24(20-9-11-21(32-4)12-10-20)28-22-7-5-6-8-23(22)29-26/h5-14H,15-16H2,1-4H3,(H,30,31). The number of methoxy groups -OCH3 is 1. The molecule has 0 atom stereocenters. The maximum Gasteiger partial charge on any atom is 0.234 e. The Morgan fingerprint density at radius 2 is 1.61 bits per heavy atom. The van der Waals surface area contributed by atoms with E-state index in [4.69, 9.17) is 14.7 Å². The molecule has 1 amide bonds. The van der Waals surface area contributed by atoms with Gasteiger partial charge in [0.05, 0.1) is 35.0 Å². The number of hydrogen-bond acceptors (Lipinski definition) is 5. The van der Waals surface area contributed by atoms with E-state index in [1.165, 1.54) is 17.3 Å². The van der Waals surface area contributed by atoms with Crippen molar-refractivity contribution in [3.8, 4) is 5.75 Å². The van der Waals surface area contributed by atoms with Crippen LogP contribution < -0.4 is 10.1 Å². The number of carbonyl (C=O) groups excluding carboxylic acids is 1. The smallest absolute Gasteiger partial charge is 0.234 e. The molecule has 6 heteroatoms. The van der Waals surface area contributed by atoms with Crippen molar-refractivity contribution in [1.82, 2.24) is 0 Å². The average Bonchev–Trinajstić information content (AvgIpc) is 2.99. The van der Waals surface area contributed by atoms with E-state index in [2.05, 4.69) is 24.4 Å². The van der Waals surface area contributed by atoms with Gasteiger partial charge in [-0.3, -0.25) is 9.79 Å². The molecule has 0 saturated heterocycles. The van der Waals surface area contributed by atoms with E-state index < -0.39 is 0 Å². The first-order valence-corrected chi connectivity index (χ1v) is 11.8. The van der Waals surface area contributed by atoms with Crippen LogP contribution in [0.1, 0.15) is 28.7 Å². The van der Waals surface area contributed by atoms with E-state index in [1.807, 2.05) is 62.4 Å². The molecule has 0 fully saturated rings. The molecule has 0 aromatic heterocycles. The summed E-state index contributed by atoms with van der Waals surface area (Å²) in [6, 6.07) is 19.9. The molecule has 0 saturated carbocycles. The van der Waals surface area contributed by atoms with E-state index in [0.29, 0.717) is 6.42 Å². The topological polar surface area (TPSA) is 63.1 Å². The lowest BCUT2D eigenvalue weighted by Gasteiger charge is -2.13. The number of fused-ring (bicyclic) bond motifs is 1. The quantitative estimate of drug-likeness (QED) is 0.473. The van der Waals surface area contributed by atoms with Crippen LogP contribution in [0.3, 0.4) is 0 Å². The Hall–Kier alpha value is -3.38. The highest BCUT2D eigenvalue weighted by Crippen LogP contribution is 2.33. The number of ether oxygens (including phenoxy) is 1. The van der Waals surface area contributed by atoms with E-state index in [9.17, 15) is 4.79 Å². The van der Waals surface area contributed by atoms with E-state index in [1.54, 1.807) is 7.11 Å². The van der Waals surface area contributed by atoms with E-state index in [0.717, 1.165) is 50.3 Å². The number of nitrogens with zero attached hydrogens (tertiary/aromatic N) is 2. The molecular formula is C27H27N3O2S. The Bertz CT molecular complexity index is 1220. The third kappa shape index (κ3) is 5.52. The predicted molar refractivity (Wildman–Crippen MR) is 139 cm³/mol. The number of nitrogens with one attached hydrogen (secondary N) is 1. The molecule has 4 rings (SSSR count). The second-order valence-electron chi connectivity index (χ2n) is 8.07. The summed E-state index contributed by atoms with van der Waals surface area (Å²) in [6.45, 7) is 6.10. The van der Waals surface area contributed by atoms with E-state index >= 15 is 0 Å². The van der Waals surface area contributed by atoms with Crippen LogP contribution in [0, 0.1) is 20.8 Å². The van der Waals surface area contributed by atoms with Crippen LogP contribution in [0.4, 0.5) is 17.1 Å². The van der Waals surface area contributed by atoms with Gasteiger partial charge in [-0.1, -0.05) is 29.8 Å². The summed E-state index contributed by atoms with van der Waals surface area (Å²) in [5, 5.41) is 3.94. The lowest BCUT2D eigenvalue weighted by atomic mass is 10.1. The second-order valence-corrected chi connectivity index (χ2v) is 9.12. The minimum absolute atomic E-state index is 0.0433. The fourth-order valence-corrected chi connectivity index (χ4v) is 4.66. The largest absolute Gasteiger partial charge is 0.497 e. The first kappa shape index (κ1) is 22.8. The fraction of sp³-hybridized carbons (Fsp3) is 0.222. The molecule has 1 heterocycles. The SMILES string of the molecule is COc1ccc(C2=Nc3ccccc3N=C(SCC(=O)Nc3c(C)cc(C)cc3C)C2)cc1. The normalized spacial score (nSPS) is 12.8.